The number of nitrogens with one attached hydrogen (secondary N) is 1. The third-order valence-corrected chi connectivity index (χ3v) is 6.36. The van der Waals surface area contributed by atoms with Gasteiger partial charge in [-0.2, -0.15) is 0 Å². The van der Waals surface area contributed by atoms with E-state index >= 15 is 0 Å². The van der Waals surface area contributed by atoms with E-state index in [1.807, 2.05) is 4.90 Å². The molecule has 1 saturated heterocycles. The Balaban J connectivity index is 1.63. The number of carbonyl (C=O) groups is 1. The van der Waals surface area contributed by atoms with Crippen LogP contribution in [0, 0.1) is 17.7 Å². The quantitative estimate of drug-likeness (QED) is 0.830. The van der Waals surface area contributed by atoms with Crippen molar-refractivity contribution in [2.24, 2.45) is 11.8 Å². The molecule has 1 aliphatic heterocycles. The molecule has 0 aliphatic carbocycles. The van der Waals surface area contributed by atoms with Crippen LogP contribution in [0.1, 0.15) is 36.2 Å². The molecule has 0 bridgehead atoms. The van der Waals surface area contributed by atoms with Crippen molar-refractivity contribution >= 4 is 15.9 Å². The van der Waals surface area contributed by atoms with E-state index in [1.54, 1.807) is 24.3 Å². The first-order valence-electron chi connectivity index (χ1n) is 9.38. The van der Waals surface area contributed by atoms with Gasteiger partial charge in [-0.05, 0) is 60.2 Å². The van der Waals surface area contributed by atoms with Gasteiger partial charge < -0.3 is 4.90 Å². The highest BCUT2D eigenvalue weighted by atomic mass is 32.2. The number of benzene rings is 2. The molecule has 0 aromatic heterocycles. The van der Waals surface area contributed by atoms with E-state index in [0.717, 1.165) is 37.2 Å². The summed E-state index contributed by atoms with van der Waals surface area (Å²) in [7, 11) is -3.72. The summed E-state index contributed by atoms with van der Waals surface area (Å²) in [5.74, 6) is 0.509. The average molecular weight is 405 g/mol. The van der Waals surface area contributed by atoms with Gasteiger partial charge >= 0.3 is 0 Å². The lowest BCUT2D eigenvalue weighted by Crippen LogP contribution is -2.42. The lowest BCUT2D eigenvalue weighted by Gasteiger charge is -2.35. The summed E-state index contributed by atoms with van der Waals surface area (Å²) in [5, 5.41) is 0. The van der Waals surface area contributed by atoms with E-state index in [4.69, 9.17) is 0 Å². The molecule has 28 heavy (non-hydrogen) atoms. The predicted octanol–water partition coefficient (Wildman–Crippen LogP) is 3.42. The topological polar surface area (TPSA) is 66.5 Å². The fraction of sp³-hybridized carbons (Fsp3) is 0.381. The number of nitrogens with zero attached hydrogens (tertiary/aromatic N) is 1. The minimum absolute atomic E-state index is 0.00837. The maximum atomic E-state index is 13.0. The van der Waals surface area contributed by atoms with E-state index in [1.165, 1.54) is 12.1 Å². The monoisotopic (exact) mass is 404 g/mol. The zero-order valence-corrected chi connectivity index (χ0v) is 16.9. The highest BCUT2D eigenvalue weighted by Gasteiger charge is 2.26. The summed E-state index contributed by atoms with van der Waals surface area (Å²) in [6.07, 6.45) is 1.14. The van der Waals surface area contributed by atoms with E-state index in [9.17, 15) is 17.6 Å². The molecule has 2 atom stereocenters. The summed E-state index contributed by atoms with van der Waals surface area (Å²) in [4.78, 5) is 14.6. The Morgan fingerprint density at radius 2 is 1.61 bits per heavy atom. The molecule has 0 unspecified atom stereocenters. The number of hydrogen-bond acceptors (Lipinski definition) is 3. The van der Waals surface area contributed by atoms with Gasteiger partial charge in [0, 0.05) is 25.2 Å². The zero-order valence-electron chi connectivity index (χ0n) is 16.1. The van der Waals surface area contributed by atoms with Gasteiger partial charge in [0.2, 0.25) is 10.0 Å². The summed E-state index contributed by atoms with van der Waals surface area (Å²) in [5.41, 5.74) is 1.34. The lowest BCUT2D eigenvalue weighted by molar-refractivity contribution is 0.0623. The molecule has 2 aromatic carbocycles. The van der Waals surface area contributed by atoms with Crippen molar-refractivity contribution in [3.8, 4) is 0 Å². The van der Waals surface area contributed by atoms with Crippen LogP contribution >= 0.6 is 0 Å². The Labute approximate surface area is 165 Å². The molecule has 7 heteroatoms. The van der Waals surface area contributed by atoms with Gasteiger partial charge in [0.15, 0.2) is 0 Å². The number of amides is 1. The van der Waals surface area contributed by atoms with E-state index in [-0.39, 0.29) is 17.3 Å². The number of likely N-dealkylation sites (tertiary alicyclic amines) is 1. The Morgan fingerprint density at radius 3 is 2.18 bits per heavy atom. The van der Waals surface area contributed by atoms with Crippen LogP contribution in [-0.2, 0) is 16.6 Å². The Hall–Kier alpha value is -2.25. The minimum Gasteiger partial charge on any atom is -0.338 e. The molecular weight excluding hydrogens is 379 g/mol. The Bertz CT molecular complexity index is 917. The second kappa shape index (κ2) is 8.41. The van der Waals surface area contributed by atoms with Gasteiger partial charge in [-0.3, -0.25) is 4.79 Å². The van der Waals surface area contributed by atoms with Gasteiger partial charge in [-0.1, -0.05) is 26.0 Å². The van der Waals surface area contributed by atoms with Crippen molar-refractivity contribution in [1.82, 2.24) is 9.62 Å². The summed E-state index contributed by atoms with van der Waals surface area (Å²) in [6, 6.07) is 11.6. The highest BCUT2D eigenvalue weighted by Crippen LogP contribution is 2.22. The van der Waals surface area contributed by atoms with Crippen LogP contribution in [0.15, 0.2) is 53.4 Å². The normalized spacial score (nSPS) is 20.2. The van der Waals surface area contributed by atoms with Gasteiger partial charge in [0.1, 0.15) is 5.82 Å². The van der Waals surface area contributed by atoms with E-state index in [2.05, 4.69) is 18.6 Å². The molecule has 1 aliphatic rings. The molecule has 0 radical (unpaired) electrons. The first-order chi connectivity index (χ1) is 13.2. The van der Waals surface area contributed by atoms with Crippen molar-refractivity contribution in [1.29, 1.82) is 0 Å². The highest BCUT2D eigenvalue weighted by molar-refractivity contribution is 7.89. The van der Waals surface area contributed by atoms with Gasteiger partial charge in [-0.15, -0.1) is 0 Å². The third kappa shape index (κ3) is 4.97. The van der Waals surface area contributed by atoms with Crippen LogP contribution in [-0.4, -0.2) is 32.3 Å². The number of carbonyl (C=O) groups excluding carboxylic acids is 1. The SMILES string of the molecule is C[C@@H]1C[C@@H](C)CN(C(=O)c2ccc(CNS(=O)(=O)c3ccc(F)cc3)cc2)C1. The second-order valence-electron chi connectivity index (χ2n) is 7.63. The Kier molecular flexibility index (Phi) is 6.15. The molecule has 5 nitrogen and oxygen atoms in total. The van der Waals surface area contributed by atoms with Crippen LogP contribution in [0.5, 0.6) is 0 Å². The number of sulfonamides is 1. The Morgan fingerprint density at radius 1 is 1.04 bits per heavy atom. The van der Waals surface area contributed by atoms with Crippen molar-refractivity contribution in [3.63, 3.8) is 0 Å². The summed E-state index contributed by atoms with van der Waals surface area (Å²) in [6.45, 7) is 5.94. The summed E-state index contributed by atoms with van der Waals surface area (Å²) < 4.78 is 40.0. The molecule has 150 valence electrons. The molecule has 3 rings (SSSR count). The minimum atomic E-state index is -3.72. The standard InChI is InChI=1S/C21H25FN2O3S/c1-15-11-16(2)14-24(13-15)21(25)18-5-3-17(4-6-18)12-23-28(26,27)20-9-7-19(22)8-10-20/h3-10,15-16,23H,11-14H2,1-2H3/t15-,16-/m1/s1. The van der Waals surface area contributed by atoms with Gasteiger partial charge in [0.05, 0.1) is 4.90 Å². The number of halogens is 1. The van der Waals surface area contributed by atoms with E-state index < -0.39 is 15.8 Å². The van der Waals surface area contributed by atoms with E-state index in [0.29, 0.717) is 17.4 Å². The lowest BCUT2D eigenvalue weighted by atomic mass is 9.91. The van der Waals surface area contributed by atoms with Crippen molar-refractivity contribution in [3.05, 3.63) is 65.5 Å². The molecule has 1 fully saturated rings. The fourth-order valence-electron chi connectivity index (χ4n) is 3.65. The van der Waals surface area contributed by atoms with Gasteiger partial charge in [-0.25, -0.2) is 17.5 Å². The molecule has 1 N–H and O–H groups in total. The van der Waals surface area contributed by atoms with Crippen LogP contribution in [0.2, 0.25) is 0 Å². The molecule has 1 heterocycles. The average Bonchev–Trinajstić information content (AvgIpc) is 2.66. The van der Waals surface area contributed by atoms with Crippen molar-refractivity contribution in [2.45, 2.75) is 31.7 Å². The number of rotatable bonds is 5. The molecular formula is C21H25FN2O3S. The predicted molar refractivity (Wildman–Crippen MR) is 106 cm³/mol. The molecule has 0 spiro atoms. The second-order valence-corrected chi connectivity index (χ2v) is 9.40. The van der Waals surface area contributed by atoms with Crippen LogP contribution in [0.3, 0.4) is 0 Å². The van der Waals surface area contributed by atoms with Crippen LogP contribution < -0.4 is 4.72 Å². The molecule has 1 amide bonds. The van der Waals surface area contributed by atoms with Crippen LogP contribution in [0.4, 0.5) is 4.39 Å². The first kappa shape index (κ1) is 20.5. The zero-order chi connectivity index (χ0) is 20.3. The third-order valence-electron chi connectivity index (χ3n) is 4.95. The maximum Gasteiger partial charge on any atom is 0.253 e. The smallest absolute Gasteiger partial charge is 0.253 e. The molecule has 0 saturated carbocycles. The largest absolute Gasteiger partial charge is 0.338 e. The van der Waals surface area contributed by atoms with Crippen molar-refractivity contribution < 1.29 is 17.6 Å². The van der Waals surface area contributed by atoms with Crippen molar-refractivity contribution in [2.75, 3.05) is 13.1 Å². The van der Waals surface area contributed by atoms with Gasteiger partial charge in [0.25, 0.3) is 5.91 Å². The summed E-state index contributed by atoms with van der Waals surface area (Å²) >= 11 is 0. The number of hydrogen-bond donors (Lipinski definition) is 1. The maximum absolute atomic E-state index is 13.0. The van der Waals surface area contributed by atoms with Crippen LogP contribution in [0.25, 0.3) is 0 Å². The first-order valence-corrected chi connectivity index (χ1v) is 10.9. The molecule has 2 aromatic rings. The fourth-order valence-corrected chi connectivity index (χ4v) is 4.67. The number of piperidine rings is 1.